The lowest BCUT2D eigenvalue weighted by molar-refractivity contribution is -0.901. The number of benzene rings is 2. The van der Waals surface area contributed by atoms with E-state index >= 15 is 0 Å². The van der Waals surface area contributed by atoms with Gasteiger partial charge in [0, 0.05) is 5.56 Å². The van der Waals surface area contributed by atoms with Crippen LogP contribution in [0.15, 0.2) is 42.5 Å². The zero-order valence-corrected chi connectivity index (χ0v) is 11.2. The molecule has 1 nitrogen and oxygen atoms in total. The molecule has 2 aromatic rings. The number of fused-ring (bicyclic) bond motifs is 1. The molecule has 0 aromatic heterocycles. The summed E-state index contributed by atoms with van der Waals surface area (Å²) >= 11 is 5.85. The second kappa shape index (κ2) is 5.07. The Hall–Kier alpha value is -1.05. The summed E-state index contributed by atoms with van der Waals surface area (Å²) in [5, 5.41) is 2.67. The molecular formula is C15H19ClN+. The second-order valence-corrected chi connectivity index (χ2v) is 5.52. The van der Waals surface area contributed by atoms with Gasteiger partial charge >= 0.3 is 0 Å². The van der Waals surface area contributed by atoms with Crippen LogP contribution in [-0.4, -0.2) is 31.0 Å². The number of halogens is 1. The molecule has 0 amide bonds. The van der Waals surface area contributed by atoms with Crippen LogP contribution in [0.2, 0.25) is 0 Å². The number of hydrogen-bond acceptors (Lipinski definition) is 0. The molecule has 0 heterocycles. The van der Waals surface area contributed by atoms with Crippen LogP contribution in [0.5, 0.6) is 0 Å². The third-order valence-electron chi connectivity index (χ3n) is 3.17. The Morgan fingerprint density at radius 2 is 1.71 bits per heavy atom. The van der Waals surface area contributed by atoms with Gasteiger partial charge in [0.1, 0.15) is 6.54 Å². The number of rotatable bonds is 4. The first kappa shape index (κ1) is 12.4. The summed E-state index contributed by atoms with van der Waals surface area (Å²) in [4.78, 5) is 0. The average molecular weight is 249 g/mol. The van der Waals surface area contributed by atoms with E-state index in [1.807, 2.05) is 0 Å². The molecule has 0 aliphatic carbocycles. The fraction of sp³-hybridized carbons (Fsp3) is 0.333. The highest BCUT2D eigenvalue weighted by Crippen LogP contribution is 2.21. The Morgan fingerprint density at radius 1 is 1.00 bits per heavy atom. The average Bonchev–Trinajstić information content (AvgIpc) is 2.29. The van der Waals surface area contributed by atoms with Crippen molar-refractivity contribution >= 4 is 22.4 Å². The van der Waals surface area contributed by atoms with Crippen molar-refractivity contribution in [3.05, 3.63) is 48.0 Å². The van der Waals surface area contributed by atoms with Crippen molar-refractivity contribution in [2.75, 3.05) is 26.5 Å². The normalized spacial score (nSPS) is 11.9. The lowest BCUT2D eigenvalue weighted by atomic mass is 10.0. The van der Waals surface area contributed by atoms with Gasteiger partial charge in [-0.25, -0.2) is 0 Å². The van der Waals surface area contributed by atoms with Crippen molar-refractivity contribution in [1.29, 1.82) is 0 Å². The summed E-state index contributed by atoms with van der Waals surface area (Å²) < 4.78 is 0.928. The third kappa shape index (κ3) is 2.99. The van der Waals surface area contributed by atoms with Crippen LogP contribution >= 0.6 is 11.6 Å². The Labute approximate surface area is 108 Å². The fourth-order valence-corrected chi connectivity index (χ4v) is 2.66. The van der Waals surface area contributed by atoms with Gasteiger partial charge in [-0.1, -0.05) is 42.5 Å². The van der Waals surface area contributed by atoms with Crippen LogP contribution in [0.4, 0.5) is 0 Å². The summed E-state index contributed by atoms with van der Waals surface area (Å²) in [5.74, 6) is 0.706. The van der Waals surface area contributed by atoms with Crippen LogP contribution in [-0.2, 0) is 6.54 Å². The van der Waals surface area contributed by atoms with Crippen molar-refractivity contribution < 1.29 is 4.48 Å². The molecule has 0 radical (unpaired) electrons. The molecular weight excluding hydrogens is 230 g/mol. The molecule has 2 aromatic carbocycles. The molecule has 2 heteroatoms. The smallest absolute Gasteiger partial charge is 0.105 e. The maximum atomic E-state index is 5.85. The highest BCUT2D eigenvalue weighted by Gasteiger charge is 2.16. The van der Waals surface area contributed by atoms with Crippen molar-refractivity contribution in [2.24, 2.45) is 0 Å². The molecule has 0 spiro atoms. The Bertz CT molecular complexity index is 500. The maximum Gasteiger partial charge on any atom is 0.105 e. The molecule has 0 aliphatic heterocycles. The van der Waals surface area contributed by atoms with E-state index in [0.717, 1.165) is 17.6 Å². The zero-order chi connectivity index (χ0) is 12.3. The lowest BCUT2D eigenvalue weighted by Crippen LogP contribution is -2.40. The van der Waals surface area contributed by atoms with Gasteiger partial charge in [-0.05, 0) is 10.8 Å². The minimum Gasteiger partial charge on any atom is -0.324 e. The summed E-state index contributed by atoms with van der Waals surface area (Å²) in [6, 6.07) is 15.1. The molecule has 0 aliphatic rings. The van der Waals surface area contributed by atoms with E-state index in [0.29, 0.717) is 5.88 Å². The van der Waals surface area contributed by atoms with Crippen molar-refractivity contribution in [1.82, 2.24) is 0 Å². The quantitative estimate of drug-likeness (QED) is 0.572. The molecule has 2 rings (SSSR count). The van der Waals surface area contributed by atoms with Crippen LogP contribution < -0.4 is 0 Å². The first-order valence-corrected chi connectivity index (χ1v) is 6.50. The summed E-state index contributed by atoms with van der Waals surface area (Å²) in [5.41, 5.74) is 1.40. The molecule has 0 unspecified atom stereocenters. The molecule has 90 valence electrons. The molecule has 0 N–H and O–H groups in total. The number of hydrogen-bond donors (Lipinski definition) is 0. The molecule has 0 fully saturated rings. The second-order valence-electron chi connectivity index (χ2n) is 5.14. The largest absolute Gasteiger partial charge is 0.324 e. The summed E-state index contributed by atoms with van der Waals surface area (Å²) in [6.07, 6.45) is 0. The molecule has 0 bridgehead atoms. The Balaban J connectivity index is 2.36. The van der Waals surface area contributed by atoms with Gasteiger partial charge in [0.2, 0.25) is 0 Å². The van der Waals surface area contributed by atoms with Crippen molar-refractivity contribution in [3.8, 4) is 0 Å². The van der Waals surface area contributed by atoms with E-state index in [1.54, 1.807) is 0 Å². The van der Waals surface area contributed by atoms with Gasteiger partial charge in [0.15, 0.2) is 0 Å². The predicted molar refractivity (Wildman–Crippen MR) is 75.3 cm³/mol. The van der Waals surface area contributed by atoms with Crippen LogP contribution in [0.25, 0.3) is 10.8 Å². The van der Waals surface area contributed by atoms with E-state index in [2.05, 4.69) is 56.6 Å². The van der Waals surface area contributed by atoms with Crippen LogP contribution in [0, 0.1) is 0 Å². The van der Waals surface area contributed by atoms with E-state index in [1.165, 1.54) is 16.3 Å². The molecule has 0 saturated carbocycles. The topological polar surface area (TPSA) is 0 Å². The van der Waals surface area contributed by atoms with E-state index in [4.69, 9.17) is 11.6 Å². The Kier molecular flexibility index (Phi) is 3.70. The highest BCUT2D eigenvalue weighted by molar-refractivity contribution is 6.17. The first-order chi connectivity index (χ1) is 8.12. The lowest BCUT2D eigenvalue weighted by Gasteiger charge is -2.29. The first-order valence-electron chi connectivity index (χ1n) is 5.97. The maximum absolute atomic E-state index is 5.85. The van der Waals surface area contributed by atoms with Gasteiger partial charge < -0.3 is 4.48 Å². The van der Waals surface area contributed by atoms with Gasteiger partial charge in [0.25, 0.3) is 0 Å². The number of nitrogens with zero attached hydrogens (tertiary/aromatic N) is 1. The summed E-state index contributed by atoms with van der Waals surface area (Å²) in [6.45, 7) is 2.01. The van der Waals surface area contributed by atoms with Crippen LogP contribution in [0.1, 0.15) is 5.56 Å². The Morgan fingerprint density at radius 3 is 2.47 bits per heavy atom. The zero-order valence-electron chi connectivity index (χ0n) is 10.5. The molecule has 0 saturated heterocycles. The molecule has 17 heavy (non-hydrogen) atoms. The third-order valence-corrected chi connectivity index (χ3v) is 3.34. The molecule has 0 atom stereocenters. The standard InChI is InChI=1S/C15H19ClN/c1-17(2,11-10-16)12-14-8-5-7-13-6-3-4-9-15(13)14/h3-9H,10-12H2,1-2H3/q+1. The number of alkyl halides is 1. The van der Waals surface area contributed by atoms with Gasteiger partial charge in [-0.2, -0.15) is 0 Å². The van der Waals surface area contributed by atoms with Crippen molar-refractivity contribution in [2.45, 2.75) is 6.54 Å². The minimum absolute atomic E-state index is 0.706. The van der Waals surface area contributed by atoms with E-state index in [9.17, 15) is 0 Å². The fourth-order valence-electron chi connectivity index (χ4n) is 2.20. The summed E-state index contributed by atoms with van der Waals surface area (Å²) in [7, 11) is 4.45. The number of quaternary nitrogens is 1. The van der Waals surface area contributed by atoms with E-state index < -0.39 is 0 Å². The van der Waals surface area contributed by atoms with E-state index in [-0.39, 0.29) is 0 Å². The minimum atomic E-state index is 0.706. The van der Waals surface area contributed by atoms with Crippen molar-refractivity contribution in [3.63, 3.8) is 0 Å². The highest BCUT2D eigenvalue weighted by atomic mass is 35.5. The van der Waals surface area contributed by atoms with Gasteiger partial charge in [-0.15, -0.1) is 11.6 Å². The van der Waals surface area contributed by atoms with Gasteiger partial charge in [0.05, 0.1) is 26.5 Å². The predicted octanol–water partition coefficient (Wildman–Crippen LogP) is 3.66. The SMILES string of the molecule is C[N+](C)(CCCl)Cc1cccc2ccccc12. The monoisotopic (exact) mass is 248 g/mol. The van der Waals surface area contributed by atoms with Gasteiger partial charge in [-0.3, -0.25) is 0 Å². The van der Waals surface area contributed by atoms with Crippen LogP contribution in [0.3, 0.4) is 0 Å².